The van der Waals surface area contributed by atoms with Crippen molar-refractivity contribution in [2.45, 2.75) is 13.5 Å². The molecule has 0 spiro atoms. The van der Waals surface area contributed by atoms with Crippen LogP contribution in [0.4, 0.5) is 0 Å². The van der Waals surface area contributed by atoms with E-state index in [0.29, 0.717) is 28.1 Å². The third-order valence-electron chi connectivity index (χ3n) is 4.70. The normalized spacial score (nSPS) is 12.4. The molecule has 0 radical (unpaired) electrons. The fourth-order valence-corrected chi connectivity index (χ4v) is 3.30. The second-order valence-electron chi connectivity index (χ2n) is 6.74. The number of fused-ring (bicyclic) bond motifs is 2. The van der Waals surface area contributed by atoms with Gasteiger partial charge in [-0.05, 0) is 31.2 Å². The van der Waals surface area contributed by atoms with Crippen LogP contribution in [0.1, 0.15) is 21.5 Å². The summed E-state index contributed by atoms with van der Waals surface area (Å²) in [5.74, 6) is 0.976. The maximum atomic E-state index is 12.9. The number of rotatable bonds is 5. The van der Waals surface area contributed by atoms with E-state index in [2.05, 4.69) is 4.98 Å². The van der Waals surface area contributed by atoms with E-state index >= 15 is 0 Å². The molecule has 7 nitrogen and oxygen atoms in total. The fraction of sp³-hybridized carbons (Fsp3) is 0.238. The van der Waals surface area contributed by atoms with Crippen molar-refractivity contribution in [1.29, 1.82) is 0 Å². The van der Waals surface area contributed by atoms with E-state index in [4.69, 9.17) is 9.47 Å². The Kier molecular flexibility index (Phi) is 4.75. The second-order valence-corrected chi connectivity index (χ2v) is 6.74. The molecule has 0 bridgehead atoms. The number of carbonyl (C=O) groups is 1. The predicted molar refractivity (Wildman–Crippen MR) is 104 cm³/mol. The first kappa shape index (κ1) is 18.1. The van der Waals surface area contributed by atoms with Crippen molar-refractivity contribution in [3.8, 4) is 11.5 Å². The van der Waals surface area contributed by atoms with Gasteiger partial charge >= 0.3 is 0 Å². The van der Waals surface area contributed by atoms with Crippen LogP contribution in [-0.4, -0.2) is 40.8 Å². The van der Waals surface area contributed by atoms with Gasteiger partial charge in [-0.3, -0.25) is 9.59 Å². The summed E-state index contributed by atoms with van der Waals surface area (Å²) in [6, 6.07) is 12.5. The van der Waals surface area contributed by atoms with E-state index in [1.165, 1.54) is 4.90 Å². The van der Waals surface area contributed by atoms with E-state index in [9.17, 15) is 14.7 Å². The summed E-state index contributed by atoms with van der Waals surface area (Å²) in [5, 5.41) is 10.2. The van der Waals surface area contributed by atoms with Gasteiger partial charge in [0.25, 0.3) is 11.5 Å². The number of benzene rings is 2. The molecular weight excluding hydrogens is 360 g/mol. The molecule has 1 aromatic heterocycles. The number of aryl methyl sites for hydroxylation is 1. The van der Waals surface area contributed by atoms with Gasteiger partial charge in [-0.25, -0.2) is 0 Å². The highest BCUT2D eigenvalue weighted by Crippen LogP contribution is 2.35. The number of hydrogen-bond acceptors (Lipinski definition) is 5. The number of aromatic amines is 1. The number of pyridine rings is 1. The topological polar surface area (TPSA) is 91.9 Å². The number of ether oxygens (including phenoxy) is 2. The quantitative estimate of drug-likeness (QED) is 0.708. The van der Waals surface area contributed by atoms with Crippen LogP contribution in [0.5, 0.6) is 11.5 Å². The lowest BCUT2D eigenvalue weighted by Gasteiger charge is -2.22. The van der Waals surface area contributed by atoms with Gasteiger partial charge in [-0.15, -0.1) is 0 Å². The maximum absolute atomic E-state index is 12.9. The Morgan fingerprint density at radius 3 is 2.71 bits per heavy atom. The molecular formula is C21H20N2O5. The number of aromatic nitrogens is 1. The van der Waals surface area contributed by atoms with E-state index < -0.39 is 0 Å². The van der Waals surface area contributed by atoms with Gasteiger partial charge in [-0.2, -0.15) is 0 Å². The number of hydrogen-bond donors (Lipinski definition) is 2. The Morgan fingerprint density at radius 2 is 1.96 bits per heavy atom. The summed E-state index contributed by atoms with van der Waals surface area (Å²) in [5.41, 5.74) is 2.27. The lowest BCUT2D eigenvalue weighted by molar-refractivity contribution is 0.0707. The zero-order valence-corrected chi connectivity index (χ0v) is 15.4. The van der Waals surface area contributed by atoms with Crippen LogP contribution in [-0.2, 0) is 6.54 Å². The second kappa shape index (κ2) is 7.36. The molecule has 2 N–H and O–H groups in total. The molecule has 7 heteroatoms. The molecule has 144 valence electrons. The molecule has 3 aromatic rings. The number of nitrogens with one attached hydrogen (secondary N) is 1. The molecule has 0 aliphatic carbocycles. The van der Waals surface area contributed by atoms with Gasteiger partial charge in [0.2, 0.25) is 6.79 Å². The first-order valence-corrected chi connectivity index (χ1v) is 8.97. The van der Waals surface area contributed by atoms with Crippen LogP contribution in [0.25, 0.3) is 10.9 Å². The molecule has 4 rings (SSSR count). The summed E-state index contributed by atoms with van der Waals surface area (Å²) in [7, 11) is 0. The van der Waals surface area contributed by atoms with Gasteiger partial charge in [0.1, 0.15) is 0 Å². The largest absolute Gasteiger partial charge is 0.454 e. The number of carbonyl (C=O) groups excluding carboxylic acids is 1. The third-order valence-corrected chi connectivity index (χ3v) is 4.70. The maximum Gasteiger partial charge on any atom is 0.254 e. The lowest BCUT2D eigenvalue weighted by atomic mass is 10.1. The summed E-state index contributed by atoms with van der Waals surface area (Å²) >= 11 is 0. The first-order chi connectivity index (χ1) is 13.5. The molecule has 1 aliphatic rings. The van der Waals surface area contributed by atoms with Crippen LogP contribution >= 0.6 is 0 Å². The van der Waals surface area contributed by atoms with E-state index in [1.54, 1.807) is 30.3 Å². The van der Waals surface area contributed by atoms with E-state index in [1.807, 2.05) is 19.1 Å². The molecule has 0 fully saturated rings. The number of aliphatic hydroxyl groups excluding tert-OH is 1. The third kappa shape index (κ3) is 3.44. The Balaban J connectivity index is 1.67. The van der Waals surface area contributed by atoms with Crippen molar-refractivity contribution in [2.24, 2.45) is 0 Å². The minimum Gasteiger partial charge on any atom is -0.454 e. The average molecular weight is 380 g/mol. The van der Waals surface area contributed by atoms with Crippen molar-refractivity contribution >= 4 is 16.8 Å². The van der Waals surface area contributed by atoms with Gasteiger partial charge < -0.3 is 24.5 Å². The van der Waals surface area contributed by atoms with Crippen LogP contribution in [0.2, 0.25) is 0 Å². The number of aliphatic hydroxyl groups is 1. The fourth-order valence-electron chi connectivity index (χ4n) is 3.30. The SMILES string of the molecule is Cc1cccc(C(=O)N(CCO)Cc2cc3cc4c(cc3[nH]c2=O)OCO4)c1. The van der Waals surface area contributed by atoms with Crippen molar-refractivity contribution in [1.82, 2.24) is 9.88 Å². The van der Waals surface area contributed by atoms with Crippen molar-refractivity contribution < 1.29 is 19.4 Å². The number of nitrogens with zero attached hydrogens (tertiary/aromatic N) is 1. The Labute approximate surface area is 161 Å². The summed E-state index contributed by atoms with van der Waals surface area (Å²) < 4.78 is 10.7. The smallest absolute Gasteiger partial charge is 0.254 e. The van der Waals surface area contributed by atoms with Crippen molar-refractivity contribution in [3.05, 3.63) is 69.5 Å². The van der Waals surface area contributed by atoms with Gasteiger partial charge in [0.05, 0.1) is 18.7 Å². The summed E-state index contributed by atoms with van der Waals surface area (Å²) in [6.07, 6.45) is 0. The average Bonchev–Trinajstić information content (AvgIpc) is 3.13. The lowest BCUT2D eigenvalue weighted by Crippen LogP contribution is -2.35. The molecule has 0 saturated carbocycles. The number of amides is 1. The van der Waals surface area contributed by atoms with Crippen molar-refractivity contribution in [2.75, 3.05) is 19.9 Å². The first-order valence-electron chi connectivity index (χ1n) is 8.97. The predicted octanol–water partition coefficient (Wildman–Crippen LogP) is 2.20. The Morgan fingerprint density at radius 1 is 1.18 bits per heavy atom. The Hall–Kier alpha value is -3.32. The van der Waals surface area contributed by atoms with Gasteiger partial charge in [-0.1, -0.05) is 17.7 Å². The van der Waals surface area contributed by atoms with E-state index in [-0.39, 0.29) is 38.0 Å². The molecule has 1 amide bonds. The highest BCUT2D eigenvalue weighted by atomic mass is 16.7. The summed E-state index contributed by atoms with van der Waals surface area (Å²) in [4.78, 5) is 29.7. The van der Waals surface area contributed by atoms with Crippen LogP contribution < -0.4 is 15.0 Å². The van der Waals surface area contributed by atoms with E-state index in [0.717, 1.165) is 10.9 Å². The molecule has 0 atom stereocenters. The zero-order valence-electron chi connectivity index (χ0n) is 15.4. The number of H-pyrrole nitrogens is 1. The monoisotopic (exact) mass is 380 g/mol. The van der Waals surface area contributed by atoms with Gasteiger partial charge in [0, 0.05) is 29.1 Å². The molecule has 28 heavy (non-hydrogen) atoms. The van der Waals surface area contributed by atoms with Crippen LogP contribution in [0, 0.1) is 6.92 Å². The minimum atomic E-state index is -0.286. The standard InChI is InChI=1S/C21H20N2O5/c1-13-3-2-4-14(7-13)21(26)23(5-6-24)11-16-8-15-9-18-19(28-12-27-18)10-17(15)22-20(16)25/h2-4,7-10,24H,5-6,11-12H2,1H3,(H,22,25). The van der Waals surface area contributed by atoms with Gasteiger partial charge in [0.15, 0.2) is 11.5 Å². The minimum absolute atomic E-state index is 0.0903. The Bertz CT molecular complexity index is 1110. The molecule has 2 heterocycles. The van der Waals surface area contributed by atoms with Crippen molar-refractivity contribution in [3.63, 3.8) is 0 Å². The van der Waals surface area contributed by atoms with Crippen LogP contribution in [0.3, 0.4) is 0 Å². The zero-order chi connectivity index (χ0) is 19.7. The van der Waals surface area contributed by atoms with Crippen LogP contribution in [0.15, 0.2) is 47.3 Å². The molecule has 0 saturated heterocycles. The highest BCUT2D eigenvalue weighted by molar-refractivity contribution is 5.94. The molecule has 0 unspecified atom stereocenters. The highest BCUT2D eigenvalue weighted by Gasteiger charge is 2.19. The summed E-state index contributed by atoms with van der Waals surface area (Å²) in [6.45, 7) is 2.09. The molecule has 2 aromatic carbocycles. The molecule has 1 aliphatic heterocycles.